The van der Waals surface area contributed by atoms with Gasteiger partial charge in [-0.05, 0) is 40.2 Å². The molecular formula is C19H17BrN4O4. The number of anilines is 2. The molecule has 0 saturated heterocycles. The van der Waals surface area contributed by atoms with Crippen molar-refractivity contribution in [2.24, 2.45) is 0 Å². The van der Waals surface area contributed by atoms with Gasteiger partial charge in [-0.2, -0.15) is 0 Å². The summed E-state index contributed by atoms with van der Waals surface area (Å²) in [6.07, 6.45) is 0. The van der Waals surface area contributed by atoms with Gasteiger partial charge in [0.1, 0.15) is 10.2 Å². The molecule has 0 aliphatic rings. The minimum absolute atomic E-state index is 0.0200. The first-order valence-corrected chi connectivity index (χ1v) is 9.01. The van der Waals surface area contributed by atoms with Crippen molar-refractivity contribution in [3.63, 3.8) is 0 Å². The van der Waals surface area contributed by atoms with E-state index in [-0.39, 0.29) is 27.2 Å². The first kappa shape index (κ1) is 19.4. The van der Waals surface area contributed by atoms with E-state index >= 15 is 0 Å². The maximum atomic E-state index is 12.9. The van der Waals surface area contributed by atoms with E-state index in [1.165, 1.54) is 17.0 Å². The number of carbonyl (C=O) groups is 1. The Morgan fingerprint density at radius 3 is 2.43 bits per heavy atom. The summed E-state index contributed by atoms with van der Waals surface area (Å²) < 4.78 is 1.08. The summed E-state index contributed by atoms with van der Waals surface area (Å²) in [5, 5.41) is 15.7. The van der Waals surface area contributed by atoms with Crippen LogP contribution >= 0.6 is 15.9 Å². The third-order valence-corrected chi connectivity index (χ3v) is 4.75. The minimum atomic E-state index is -0.540. The largest absolute Gasteiger partial charge is 0.505 e. The molecule has 144 valence electrons. The number of amides is 1. The number of aromatic nitrogens is 2. The molecular weight excluding hydrogens is 428 g/mol. The van der Waals surface area contributed by atoms with Gasteiger partial charge < -0.3 is 15.3 Å². The average Bonchev–Trinajstić information content (AvgIpc) is 2.69. The second kappa shape index (κ2) is 7.73. The smallest absolute Gasteiger partial charge is 0.294 e. The fourth-order valence-corrected chi connectivity index (χ4v) is 2.94. The summed E-state index contributed by atoms with van der Waals surface area (Å²) in [6, 6.07) is 13.1. The molecule has 3 aromatic rings. The third-order valence-electron chi connectivity index (χ3n) is 4.00. The molecule has 3 N–H and O–H groups in total. The highest BCUT2D eigenvalue weighted by Crippen LogP contribution is 2.31. The van der Waals surface area contributed by atoms with Crippen molar-refractivity contribution in [3.05, 3.63) is 79.3 Å². The molecule has 0 bridgehead atoms. The number of aromatic amines is 1. The van der Waals surface area contributed by atoms with E-state index in [1.807, 2.05) is 0 Å². The number of phenols is 1. The molecule has 0 aliphatic heterocycles. The van der Waals surface area contributed by atoms with Crippen molar-refractivity contribution in [2.45, 2.75) is 0 Å². The van der Waals surface area contributed by atoms with Gasteiger partial charge in [0.2, 0.25) is 0 Å². The van der Waals surface area contributed by atoms with Gasteiger partial charge in [0.25, 0.3) is 17.0 Å². The number of hydrogen-bond donors (Lipinski definition) is 3. The maximum Gasteiger partial charge on any atom is 0.294 e. The molecule has 1 amide bonds. The lowest BCUT2D eigenvalue weighted by molar-refractivity contribution is 0.0824. The molecule has 0 aliphatic carbocycles. The van der Waals surface area contributed by atoms with E-state index in [0.29, 0.717) is 5.69 Å². The topological polar surface area (TPSA) is 107 Å². The number of hydrogen-bond acceptors (Lipinski definition) is 5. The molecule has 0 saturated carbocycles. The zero-order chi connectivity index (χ0) is 20.4. The lowest BCUT2D eigenvalue weighted by Crippen LogP contribution is -2.31. The lowest BCUT2D eigenvalue weighted by Gasteiger charge is -2.15. The Balaban J connectivity index is 2.13. The van der Waals surface area contributed by atoms with Crippen LogP contribution in [0.15, 0.2) is 62.6 Å². The number of carbonyl (C=O) groups excluding carboxylic acids is 1. The van der Waals surface area contributed by atoms with Crippen LogP contribution in [-0.4, -0.2) is 39.8 Å². The summed E-state index contributed by atoms with van der Waals surface area (Å²) in [5.74, 6) is -0.716. The number of nitrogens with zero attached hydrogens (tertiary/aromatic N) is 2. The fourth-order valence-electron chi connectivity index (χ4n) is 2.58. The highest BCUT2D eigenvalue weighted by molar-refractivity contribution is 9.10. The minimum Gasteiger partial charge on any atom is -0.505 e. The maximum absolute atomic E-state index is 12.9. The van der Waals surface area contributed by atoms with Crippen LogP contribution in [0.25, 0.3) is 5.69 Å². The Morgan fingerprint density at radius 1 is 1.11 bits per heavy atom. The van der Waals surface area contributed by atoms with Crippen molar-refractivity contribution in [3.8, 4) is 11.4 Å². The number of nitrogens with one attached hydrogen (secondary N) is 2. The Labute approximate surface area is 168 Å². The molecule has 28 heavy (non-hydrogen) atoms. The van der Waals surface area contributed by atoms with E-state index in [2.05, 4.69) is 26.3 Å². The van der Waals surface area contributed by atoms with Crippen molar-refractivity contribution in [1.82, 2.24) is 14.7 Å². The van der Waals surface area contributed by atoms with Crippen LogP contribution in [0.3, 0.4) is 0 Å². The number of aromatic hydroxyl groups is 1. The fraction of sp³-hybridized carbons (Fsp3) is 0.105. The third kappa shape index (κ3) is 3.56. The van der Waals surface area contributed by atoms with Gasteiger partial charge in [-0.3, -0.25) is 19.5 Å². The molecule has 8 nitrogen and oxygen atoms in total. The van der Waals surface area contributed by atoms with E-state index in [9.17, 15) is 19.5 Å². The number of benzene rings is 2. The van der Waals surface area contributed by atoms with Crippen LogP contribution in [0.4, 0.5) is 11.4 Å². The number of H-pyrrole nitrogens is 1. The summed E-state index contributed by atoms with van der Waals surface area (Å²) in [7, 11) is 3.13. The van der Waals surface area contributed by atoms with E-state index in [0.717, 1.165) is 4.68 Å². The molecule has 0 fully saturated rings. The molecule has 9 heteroatoms. The summed E-state index contributed by atoms with van der Waals surface area (Å²) >= 11 is 3.11. The Bertz CT molecular complexity index is 1150. The van der Waals surface area contributed by atoms with Crippen LogP contribution in [0.2, 0.25) is 0 Å². The first-order valence-electron chi connectivity index (χ1n) is 8.22. The summed E-state index contributed by atoms with van der Waals surface area (Å²) in [6.45, 7) is 0. The van der Waals surface area contributed by atoms with E-state index < -0.39 is 17.0 Å². The average molecular weight is 445 g/mol. The molecule has 3 rings (SSSR count). The Kier molecular flexibility index (Phi) is 5.36. The Hall–Kier alpha value is -3.33. The molecule has 1 heterocycles. The molecule has 0 atom stereocenters. The lowest BCUT2D eigenvalue weighted by atomic mass is 10.1. The van der Waals surface area contributed by atoms with E-state index in [4.69, 9.17) is 0 Å². The predicted octanol–water partition coefficient (Wildman–Crippen LogP) is 2.44. The number of halogens is 1. The Morgan fingerprint density at radius 2 is 1.79 bits per heavy atom. The van der Waals surface area contributed by atoms with Gasteiger partial charge in [-0.15, -0.1) is 0 Å². The SMILES string of the molecule is CN(C)C(=O)c1cccc(Nc2c(Br)c(=O)[nH]n(-c3ccccc3)c2=O)c1O. The van der Waals surface area contributed by atoms with Crippen LogP contribution < -0.4 is 16.4 Å². The molecule has 0 unspecified atom stereocenters. The van der Waals surface area contributed by atoms with Gasteiger partial charge in [-0.1, -0.05) is 24.3 Å². The normalized spacial score (nSPS) is 10.5. The number of rotatable bonds is 4. The van der Waals surface area contributed by atoms with Crippen LogP contribution in [-0.2, 0) is 0 Å². The van der Waals surface area contributed by atoms with Gasteiger partial charge >= 0.3 is 0 Å². The zero-order valence-corrected chi connectivity index (χ0v) is 16.6. The summed E-state index contributed by atoms with van der Waals surface area (Å²) in [4.78, 5) is 38.8. The van der Waals surface area contributed by atoms with Gasteiger partial charge in [-0.25, -0.2) is 4.68 Å². The van der Waals surface area contributed by atoms with Gasteiger partial charge in [0, 0.05) is 14.1 Å². The van der Waals surface area contributed by atoms with Crippen molar-refractivity contribution in [1.29, 1.82) is 0 Å². The highest BCUT2D eigenvalue weighted by Gasteiger charge is 2.19. The van der Waals surface area contributed by atoms with Crippen molar-refractivity contribution < 1.29 is 9.90 Å². The summed E-state index contributed by atoms with van der Waals surface area (Å²) in [5.41, 5.74) is -0.485. The van der Waals surface area contributed by atoms with Crippen molar-refractivity contribution in [2.75, 3.05) is 19.4 Å². The molecule has 2 aromatic carbocycles. The monoisotopic (exact) mass is 444 g/mol. The molecule has 1 aromatic heterocycles. The van der Waals surface area contributed by atoms with Crippen LogP contribution in [0, 0.1) is 0 Å². The standard InChI is InChI=1S/C19H17BrN4O4/c1-23(2)18(27)12-9-6-10-13(16(12)25)21-15-14(20)17(26)22-24(19(15)28)11-7-4-3-5-8-11/h3-10,21,25H,1-2H3,(H,22,26). The highest BCUT2D eigenvalue weighted by atomic mass is 79.9. The molecule has 0 radical (unpaired) electrons. The first-order chi connectivity index (χ1) is 13.3. The predicted molar refractivity (Wildman–Crippen MR) is 110 cm³/mol. The molecule has 0 spiro atoms. The quantitative estimate of drug-likeness (QED) is 0.535. The van der Waals surface area contributed by atoms with Crippen LogP contribution in [0.1, 0.15) is 10.4 Å². The zero-order valence-electron chi connectivity index (χ0n) is 15.1. The second-order valence-corrected chi connectivity index (χ2v) is 6.93. The second-order valence-electron chi connectivity index (χ2n) is 6.13. The van der Waals surface area contributed by atoms with Gasteiger partial charge in [0.15, 0.2) is 5.75 Å². The number of para-hydroxylation sites is 2. The van der Waals surface area contributed by atoms with Gasteiger partial charge in [0.05, 0.1) is 16.9 Å². The van der Waals surface area contributed by atoms with E-state index in [1.54, 1.807) is 50.5 Å². The van der Waals surface area contributed by atoms with Crippen LogP contribution in [0.5, 0.6) is 5.75 Å². The van der Waals surface area contributed by atoms with Crippen molar-refractivity contribution >= 4 is 33.2 Å². The number of phenolic OH excluding ortho intramolecular Hbond substituents is 1.